The lowest BCUT2D eigenvalue weighted by Gasteiger charge is -2.23. The van der Waals surface area contributed by atoms with Crippen molar-refractivity contribution in [2.75, 3.05) is 7.05 Å². The van der Waals surface area contributed by atoms with E-state index in [1.165, 1.54) is 13.0 Å². The van der Waals surface area contributed by atoms with Crippen LogP contribution in [0.5, 0.6) is 0 Å². The third-order valence-corrected chi connectivity index (χ3v) is 4.76. The highest BCUT2D eigenvalue weighted by Gasteiger charge is 2.33. The van der Waals surface area contributed by atoms with Crippen molar-refractivity contribution < 1.29 is 22.7 Å². The summed E-state index contributed by atoms with van der Waals surface area (Å²) in [5, 5.41) is 17.8. The molecule has 0 saturated heterocycles. The van der Waals surface area contributed by atoms with Gasteiger partial charge in [0.05, 0.1) is 0 Å². The second kappa shape index (κ2) is 5.98. The number of nitriles is 1. The van der Waals surface area contributed by atoms with Crippen molar-refractivity contribution >= 4 is 16.0 Å². The van der Waals surface area contributed by atoms with Gasteiger partial charge in [-0.25, -0.2) is 12.8 Å². The van der Waals surface area contributed by atoms with E-state index in [1.54, 1.807) is 0 Å². The van der Waals surface area contributed by atoms with Gasteiger partial charge in [-0.1, -0.05) is 13.0 Å². The fourth-order valence-corrected chi connectivity index (χ4v) is 3.27. The van der Waals surface area contributed by atoms with E-state index >= 15 is 0 Å². The maximum Gasteiger partial charge on any atom is 0.321 e. The largest absolute Gasteiger partial charge is 0.480 e. The molecule has 0 saturated carbocycles. The summed E-state index contributed by atoms with van der Waals surface area (Å²) in [7, 11) is -3.18. The molecule has 6 nitrogen and oxygen atoms in total. The van der Waals surface area contributed by atoms with E-state index in [1.807, 2.05) is 0 Å². The lowest BCUT2D eigenvalue weighted by atomic mass is 10.2. The molecule has 0 heterocycles. The number of halogens is 1. The fraction of sp³-hybridized carbons (Fsp3) is 0.333. The van der Waals surface area contributed by atoms with Gasteiger partial charge < -0.3 is 5.11 Å². The van der Waals surface area contributed by atoms with Gasteiger partial charge in [0.2, 0.25) is 10.0 Å². The van der Waals surface area contributed by atoms with Crippen LogP contribution in [0, 0.1) is 17.1 Å². The lowest BCUT2D eigenvalue weighted by Crippen LogP contribution is -2.42. The van der Waals surface area contributed by atoms with Gasteiger partial charge >= 0.3 is 5.97 Å². The van der Waals surface area contributed by atoms with Crippen molar-refractivity contribution in [1.29, 1.82) is 5.26 Å². The van der Waals surface area contributed by atoms with Crippen LogP contribution in [0.2, 0.25) is 0 Å². The monoisotopic (exact) mass is 300 g/mol. The number of sulfonamides is 1. The van der Waals surface area contributed by atoms with Gasteiger partial charge in [-0.3, -0.25) is 4.79 Å². The molecule has 0 aliphatic carbocycles. The summed E-state index contributed by atoms with van der Waals surface area (Å²) in [5.74, 6) is -2.28. The number of hydrogen-bond acceptors (Lipinski definition) is 4. The summed E-state index contributed by atoms with van der Waals surface area (Å²) < 4.78 is 38.7. The second-order valence-electron chi connectivity index (χ2n) is 4.01. The van der Waals surface area contributed by atoms with Crippen molar-refractivity contribution in [3.8, 4) is 6.07 Å². The van der Waals surface area contributed by atoms with Crippen molar-refractivity contribution in [3.05, 3.63) is 29.6 Å². The smallest absolute Gasteiger partial charge is 0.321 e. The van der Waals surface area contributed by atoms with E-state index in [9.17, 15) is 17.6 Å². The number of hydrogen-bond donors (Lipinski definition) is 1. The van der Waals surface area contributed by atoms with Crippen LogP contribution in [-0.2, 0) is 14.8 Å². The number of carboxylic acid groups (broad SMARTS) is 1. The SMILES string of the molecule is CCC(C(=O)O)N(C)S(=O)(=O)c1cccc(F)c1C#N. The minimum absolute atomic E-state index is 0.0439. The molecule has 1 rings (SSSR count). The molecule has 0 bridgehead atoms. The highest BCUT2D eigenvalue weighted by molar-refractivity contribution is 7.89. The van der Waals surface area contributed by atoms with Crippen molar-refractivity contribution in [3.63, 3.8) is 0 Å². The molecule has 1 unspecified atom stereocenters. The van der Waals surface area contributed by atoms with Crippen LogP contribution in [0.4, 0.5) is 4.39 Å². The Kier molecular flexibility index (Phi) is 4.81. The van der Waals surface area contributed by atoms with Crippen LogP contribution in [-0.4, -0.2) is 36.9 Å². The Labute approximate surface area is 116 Å². The zero-order valence-corrected chi connectivity index (χ0v) is 11.7. The van der Waals surface area contributed by atoms with Crippen LogP contribution in [0.25, 0.3) is 0 Å². The van der Waals surface area contributed by atoms with E-state index in [2.05, 4.69) is 0 Å². The van der Waals surface area contributed by atoms with E-state index in [0.29, 0.717) is 4.31 Å². The van der Waals surface area contributed by atoms with E-state index in [0.717, 1.165) is 25.2 Å². The fourth-order valence-electron chi connectivity index (χ4n) is 1.74. The van der Waals surface area contributed by atoms with Crippen molar-refractivity contribution in [1.82, 2.24) is 4.31 Å². The molecule has 108 valence electrons. The van der Waals surface area contributed by atoms with Gasteiger partial charge in [0, 0.05) is 7.05 Å². The van der Waals surface area contributed by atoms with Crippen LogP contribution in [0.15, 0.2) is 23.1 Å². The predicted octanol–water partition coefficient (Wildman–Crippen LogP) is 1.18. The van der Waals surface area contributed by atoms with Gasteiger partial charge in [-0.2, -0.15) is 9.57 Å². The summed E-state index contributed by atoms with van der Waals surface area (Å²) >= 11 is 0. The molecule has 0 spiro atoms. The summed E-state index contributed by atoms with van der Waals surface area (Å²) in [6.45, 7) is 1.52. The summed E-state index contributed by atoms with van der Waals surface area (Å²) in [6, 6.07) is 3.39. The van der Waals surface area contributed by atoms with Crippen molar-refractivity contribution in [2.24, 2.45) is 0 Å². The molecule has 0 aliphatic rings. The van der Waals surface area contributed by atoms with Crippen LogP contribution < -0.4 is 0 Å². The second-order valence-corrected chi connectivity index (χ2v) is 5.97. The van der Waals surface area contributed by atoms with E-state index in [4.69, 9.17) is 10.4 Å². The Morgan fingerprint density at radius 1 is 1.55 bits per heavy atom. The van der Waals surface area contributed by atoms with Crippen LogP contribution >= 0.6 is 0 Å². The quantitative estimate of drug-likeness (QED) is 0.880. The maximum absolute atomic E-state index is 13.5. The number of carbonyl (C=O) groups is 1. The molecule has 8 heteroatoms. The Morgan fingerprint density at radius 2 is 2.15 bits per heavy atom. The minimum atomic E-state index is -4.27. The van der Waals surface area contributed by atoms with Gasteiger partial charge in [0.1, 0.15) is 28.4 Å². The van der Waals surface area contributed by atoms with E-state index < -0.39 is 38.3 Å². The highest BCUT2D eigenvalue weighted by Crippen LogP contribution is 2.23. The average Bonchev–Trinajstić information content (AvgIpc) is 2.38. The molecule has 0 amide bonds. The number of nitrogens with zero attached hydrogens (tertiary/aromatic N) is 2. The Bertz CT molecular complexity index is 667. The molecule has 0 fully saturated rings. The molecule has 0 aromatic heterocycles. The summed E-state index contributed by atoms with van der Waals surface area (Å²) in [6.07, 6.45) is 0.0439. The Morgan fingerprint density at radius 3 is 2.60 bits per heavy atom. The number of likely N-dealkylation sites (N-methyl/N-ethyl adjacent to an activating group) is 1. The highest BCUT2D eigenvalue weighted by atomic mass is 32.2. The Hall–Kier alpha value is -1.98. The summed E-state index contributed by atoms with van der Waals surface area (Å²) in [5.41, 5.74) is -0.625. The predicted molar refractivity (Wildman–Crippen MR) is 67.8 cm³/mol. The average molecular weight is 300 g/mol. The maximum atomic E-state index is 13.5. The number of aliphatic carboxylic acids is 1. The van der Waals surface area contributed by atoms with Gasteiger partial charge in [0.15, 0.2) is 0 Å². The molecule has 20 heavy (non-hydrogen) atoms. The molecule has 1 aromatic carbocycles. The normalized spacial score (nSPS) is 12.9. The minimum Gasteiger partial charge on any atom is -0.480 e. The third-order valence-electron chi connectivity index (χ3n) is 2.85. The first-order valence-electron chi connectivity index (χ1n) is 5.66. The molecule has 1 atom stereocenters. The molecule has 0 radical (unpaired) electrons. The van der Waals surface area contributed by atoms with Crippen molar-refractivity contribution in [2.45, 2.75) is 24.3 Å². The van der Waals surface area contributed by atoms with Gasteiger partial charge in [-0.05, 0) is 18.6 Å². The van der Waals surface area contributed by atoms with E-state index in [-0.39, 0.29) is 6.42 Å². The molecular formula is C12H13FN2O4S. The Balaban J connectivity index is 3.42. The molecule has 1 N–H and O–H groups in total. The number of rotatable bonds is 5. The standard InChI is InChI=1S/C12H13FN2O4S/c1-3-10(12(16)17)15(2)20(18,19)11-6-4-5-9(13)8(11)7-14/h4-6,10H,3H2,1-2H3,(H,16,17). The lowest BCUT2D eigenvalue weighted by molar-refractivity contribution is -0.141. The zero-order chi connectivity index (χ0) is 15.5. The first kappa shape index (κ1) is 16.1. The molecular weight excluding hydrogens is 287 g/mol. The number of carboxylic acids is 1. The molecule has 1 aromatic rings. The summed E-state index contributed by atoms with van der Waals surface area (Å²) in [4.78, 5) is 10.5. The number of benzene rings is 1. The first-order chi connectivity index (χ1) is 9.27. The van der Waals surface area contributed by atoms with Gasteiger partial charge in [-0.15, -0.1) is 0 Å². The zero-order valence-electron chi connectivity index (χ0n) is 10.9. The van der Waals surface area contributed by atoms with Gasteiger partial charge in [0.25, 0.3) is 0 Å². The first-order valence-corrected chi connectivity index (χ1v) is 7.10. The topological polar surface area (TPSA) is 98.5 Å². The van der Waals surface area contributed by atoms with Crippen LogP contribution in [0.3, 0.4) is 0 Å². The van der Waals surface area contributed by atoms with Crippen LogP contribution in [0.1, 0.15) is 18.9 Å². The third kappa shape index (κ3) is 2.79. The molecule has 0 aliphatic heterocycles.